The highest BCUT2D eigenvalue weighted by atomic mass is 16.2. The van der Waals surface area contributed by atoms with Crippen molar-refractivity contribution in [3.05, 3.63) is 72.3 Å². The predicted molar refractivity (Wildman–Crippen MR) is 95.5 cm³/mol. The van der Waals surface area contributed by atoms with Gasteiger partial charge in [0.25, 0.3) is 0 Å². The molecule has 0 aliphatic heterocycles. The van der Waals surface area contributed by atoms with E-state index in [4.69, 9.17) is 0 Å². The van der Waals surface area contributed by atoms with E-state index in [0.29, 0.717) is 12.8 Å². The maximum Gasteiger partial charge on any atom is 0.223 e. The summed E-state index contributed by atoms with van der Waals surface area (Å²) in [6, 6.07) is 14.7. The standard InChI is InChI=1S/C20H21N3O/c1-15(17-8-7-16-5-3-4-6-18(16)13-17)23(2)20(24)10-9-19-14-21-11-12-22-19/h3-8,11-15H,9-10H2,1-2H3/t15-/m0/s1. The van der Waals surface area contributed by atoms with E-state index in [1.807, 2.05) is 19.2 Å². The van der Waals surface area contributed by atoms with Crippen molar-refractivity contribution in [2.75, 3.05) is 7.05 Å². The molecule has 0 spiro atoms. The fraction of sp³-hybridized carbons (Fsp3) is 0.250. The summed E-state index contributed by atoms with van der Waals surface area (Å²) >= 11 is 0. The summed E-state index contributed by atoms with van der Waals surface area (Å²) < 4.78 is 0. The van der Waals surface area contributed by atoms with Crippen LogP contribution in [0.2, 0.25) is 0 Å². The van der Waals surface area contributed by atoms with E-state index in [-0.39, 0.29) is 11.9 Å². The van der Waals surface area contributed by atoms with E-state index in [0.717, 1.165) is 11.3 Å². The first kappa shape index (κ1) is 16.1. The minimum atomic E-state index is 0.0314. The third-order valence-corrected chi connectivity index (χ3v) is 4.44. The van der Waals surface area contributed by atoms with E-state index >= 15 is 0 Å². The molecular weight excluding hydrogens is 298 g/mol. The van der Waals surface area contributed by atoms with Crippen LogP contribution in [0.15, 0.2) is 61.1 Å². The summed E-state index contributed by atoms with van der Waals surface area (Å²) in [6.07, 6.45) is 6.05. The van der Waals surface area contributed by atoms with Crippen LogP contribution in [-0.2, 0) is 11.2 Å². The summed E-state index contributed by atoms with van der Waals surface area (Å²) in [5, 5.41) is 2.41. The van der Waals surface area contributed by atoms with Gasteiger partial charge in [-0.1, -0.05) is 36.4 Å². The Hall–Kier alpha value is -2.75. The van der Waals surface area contributed by atoms with Gasteiger partial charge in [-0.05, 0) is 35.7 Å². The first-order chi connectivity index (χ1) is 11.6. The number of hydrogen-bond acceptors (Lipinski definition) is 3. The van der Waals surface area contributed by atoms with Crippen LogP contribution in [0.1, 0.15) is 30.6 Å². The molecule has 0 radical (unpaired) electrons. The van der Waals surface area contributed by atoms with Gasteiger partial charge in [0.2, 0.25) is 5.91 Å². The summed E-state index contributed by atoms with van der Waals surface area (Å²) in [6.45, 7) is 2.06. The van der Waals surface area contributed by atoms with Crippen LogP contribution in [0.3, 0.4) is 0 Å². The van der Waals surface area contributed by atoms with Crippen molar-refractivity contribution in [3.63, 3.8) is 0 Å². The lowest BCUT2D eigenvalue weighted by Crippen LogP contribution is -2.29. The van der Waals surface area contributed by atoms with Gasteiger partial charge in [0.15, 0.2) is 0 Å². The predicted octanol–water partition coefficient (Wildman–Crippen LogP) is 3.78. The molecule has 0 N–H and O–H groups in total. The molecule has 3 aromatic rings. The lowest BCUT2D eigenvalue weighted by molar-refractivity contribution is -0.131. The van der Waals surface area contributed by atoms with Gasteiger partial charge in [-0.15, -0.1) is 0 Å². The maximum absolute atomic E-state index is 12.5. The second kappa shape index (κ2) is 7.21. The number of fused-ring (bicyclic) bond motifs is 1. The number of carbonyl (C=O) groups excluding carboxylic acids is 1. The molecule has 24 heavy (non-hydrogen) atoms. The molecule has 4 nitrogen and oxygen atoms in total. The molecule has 1 heterocycles. The van der Waals surface area contributed by atoms with E-state index in [9.17, 15) is 4.79 Å². The monoisotopic (exact) mass is 319 g/mol. The van der Waals surface area contributed by atoms with Crippen LogP contribution in [0.5, 0.6) is 0 Å². The molecule has 0 saturated heterocycles. The molecule has 0 bridgehead atoms. The quantitative estimate of drug-likeness (QED) is 0.719. The summed E-state index contributed by atoms with van der Waals surface area (Å²) in [5.74, 6) is 0.112. The van der Waals surface area contributed by atoms with E-state index in [1.54, 1.807) is 23.5 Å². The molecule has 122 valence electrons. The Balaban J connectivity index is 1.68. The third-order valence-electron chi connectivity index (χ3n) is 4.44. The fourth-order valence-electron chi connectivity index (χ4n) is 2.78. The van der Waals surface area contributed by atoms with Crippen molar-refractivity contribution in [2.45, 2.75) is 25.8 Å². The molecule has 4 heteroatoms. The first-order valence-electron chi connectivity index (χ1n) is 8.14. The lowest BCUT2D eigenvalue weighted by Gasteiger charge is -2.25. The number of carbonyl (C=O) groups is 1. The van der Waals surface area contributed by atoms with Crippen LogP contribution in [0.4, 0.5) is 0 Å². The van der Waals surface area contributed by atoms with Crippen LogP contribution in [-0.4, -0.2) is 27.8 Å². The summed E-state index contributed by atoms with van der Waals surface area (Å²) in [4.78, 5) is 22.5. The van der Waals surface area contributed by atoms with E-state index in [1.165, 1.54) is 10.8 Å². The van der Waals surface area contributed by atoms with Crippen LogP contribution in [0, 0.1) is 0 Å². The number of amides is 1. The van der Waals surface area contributed by atoms with Crippen molar-refractivity contribution in [3.8, 4) is 0 Å². The molecule has 1 amide bonds. The van der Waals surface area contributed by atoms with Gasteiger partial charge in [0.05, 0.1) is 11.7 Å². The molecule has 0 aliphatic carbocycles. The van der Waals surface area contributed by atoms with Gasteiger partial charge >= 0.3 is 0 Å². The third kappa shape index (κ3) is 3.59. The molecule has 3 rings (SSSR count). The van der Waals surface area contributed by atoms with Gasteiger partial charge in [-0.3, -0.25) is 14.8 Å². The Kier molecular flexibility index (Phi) is 4.85. The van der Waals surface area contributed by atoms with E-state index < -0.39 is 0 Å². The SMILES string of the molecule is C[C@@H](c1ccc2ccccc2c1)N(C)C(=O)CCc1cnccn1. The Morgan fingerprint density at radius 3 is 2.67 bits per heavy atom. The van der Waals surface area contributed by atoms with Gasteiger partial charge in [0.1, 0.15) is 0 Å². The number of hydrogen-bond donors (Lipinski definition) is 0. The van der Waals surface area contributed by atoms with Crippen molar-refractivity contribution < 1.29 is 4.79 Å². The zero-order valence-corrected chi connectivity index (χ0v) is 14.0. The summed E-state index contributed by atoms with van der Waals surface area (Å²) in [5.41, 5.74) is 1.99. The van der Waals surface area contributed by atoms with Gasteiger partial charge < -0.3 is 4.90 Å². The number of nitrogens with zero attached hydrogens (tertiary/aromatic N) is 3. The lowest BCUT2D eigenvalue weighted by atomic mass is 10.0. The van der Waals surface area contributed by atoms with Crippen LogP contribution in [0.25, 0.3) is 10.8 Å². The molecular formula is C20H21N3O. The molecule has 0 aliphatic rings. The average Bonchev–Trinajstić information content (AvgIpc) is 2.65. The Labute approximate surface area is 142 Å². The number of aromatic nitrogens is 2. The van der Waals surface area contributed by atoms with Gasteiger partial charge in [-0.2, -0.15) is 0 Å². The fourth-order valence-corrected chi connectivity index (χ4v) is 2.78. The topological polar surface area (TPSA) is 46.1 Å². The van der Waals surface area contributed by atoms with Crippen LogP contribution >= 0.6 is 0 Å². The van der Waals surface area contributed by atoms with Crippen molar-refractivity contribution in [1.82, 2.24) is 14.9 Å². The second-order valence-electron chi connectivity index (χ2n) is 5.98. The highest BCUT2D eigenvalue weighted by molar-refractivity contribution is 5.83. The molecule has 1 aromatic heterocycles. The second-order valence-corrected chi connectivity index (χ2v) is 5.98. The molecule has 0 unspecified atom stereocenters. The van der Waals surface area contributed by atoms with Crippen molar-refractivity contribution >= 4 is 16.7 Å². The first-order valence-corrected chi connectivity index (χ1v) is 8.14. The molecule has 2 aromatic carbocycles. The van der Waals surface area contributed by atoms with Crippen LogP contribution < -0.4 is 0 Å². The highest BCUT2D eigenvalue weighted by Crippen LogP contribution is 2.24. The van der Waals surface area contributed by atoms with Gasteiger partial charge in [0, 0.05) is 32.1 Å². The minimum absolute atomic E-state index is 0.0314. The number of benzene rings is 2. The smallest absolute Gasteiger partial charge is 0.223 e. The Bertz CT molecular complexity index is 832. The highest BCUT2D eigenvalue weighted by Gasteiger charge is 2.17. The van der Waals surface area contributed by atoms with Crippen molar-refractivity contribution in [1.29, 1.82) is 0 Å². The molecule has 1 atom stereocenters. The largest absolute Gasteiger partial charge is 0.339 e. The molecule has 0 fully saturated rings. The number of rotatable bonds is 5. The number of aryl methyl sites for hydroxylation is 1. The Morgan fingerprint density at radius 1 is 1.12 bits per heavy atom. The normalized spacial score (nSPS) is 12.1. The Morgan fingerprint density at radius 2 is 1.92 bits per heavy atom. The zero-order chi connectivity index (χ0) is 16.9. The summed E-state index contributed by atoms with van der Waals surface area (Å²) in [7, 11) is 1.86. The minimum Gasteiger partial charge on any atom is -0.339 e. The molecule has 0 saturated carbocycles. The van der Waals surface area contributed by atoms with Gasteiger partial charge in [-0.25, -0.2) is 0 Å². The maximum atomic E-state index is 12.5. The zero-order valence-electron chi connectivity index (χ0n) is 14.0. The van der Waals surface area contributed by atoms with Crippen molar-refractivity contribution in [2.24, 2.45) is 0 Å². The average molecular weight is 319 g/mol. The van der Waals surface area contributed by atoms with E-state index in [2.05, 4.69) is 47.2 Å².